The topological polar surface area (TPSA) is 17.1 Å². The second-order valence-electron chi connectivity index (χ2n) is 7.43. The molecule has 0 atom stereocenters. The molecule has 4 aromatic carbocycles. The minimum absolute atomic E-state index is 0. The highest BCUT2D eigenvalue weighted by molar-refractivity contribution is 5.76. The maximum atomic E-state index is 15.2. The Bertz CT molecular complexity index is 1110. The quantitative estimate of drug-likeness (QED) is 0.293. The lowest BCUT2D eigenvalue weighted by Gasteiger charge is -2.14. The molecule has 0 fully saturated rings. The molecule has 167 valence electrons. The number of halogens is 2. The van der Waals surface area contributed by atoms with Crippen molar-refractivity contribution in [2.75, 3.05) is 0 Å². The summed E-state index contributed by atoms with van der Waals surface area (Å²) >= 11 is 0. The van der Waals surface area contributed by atoms with Gasteiger partial charge in [-0.05, 0) is 46.9 Å². The molecule has 0 spiro atoms. The fourth-order valence-corrected chi connectivity index (χ4v) is 3.29. The zero-order valence-corrected chi connectivity index (χ0v) is 19.0. The molecule has 4 heteroatoms. The van der Waals surface area contributed by atoms with Crippen LogP contribution in [0.15, 0.2) is 103 Å². The number of carbonyl (C=O) groups excluding carboxylic acids is 1. The van der Waals surface area contributed by atoms with Gasteiger partial charge >= 0.3 is 0 Å². The van der Waals surface area contributed by atoms with Crippen molar-refractivity contribution in [1.29, 1.82) is 0 Å². The third-order valence-corrected chi connectivity index (χ3v) is 5.11. The summed E-state index contributed by atoms with van der Waals surface area (Å²) in [6.45, 7) is 3.43. The Kier molecular flexibility index (Phi) is 11.5. The molecule has 0 aliphatic heterocycles. The first-order valence-electron chi connectivity index (χ1n) is 10.5. The van der Waals surface area contributed by atoms with Crippen molar-refractivity contribution in [3.63, 3.8) is 0 Å². The van der Waals surface area contributed by atoms with Gasteiger partial charge in [-0.15, -0.1) is 0 Å². The van der Waals surface area contributed by atoms with E-state index in [0.717, 1.165) is 33.4 Å². The van der Waals surface area contributed by atoms with E-state index in [9.17, 15) is 4.79 Å². The van der Waals surface area contributed by atoms with E-state index < -0.39 is 0 Å². The van der Waals surface area contributed by atoms with Crippen molar-refractivity contribution in [3.8, 4) is 22.3 Å². The average molecular weight is 441 g/mol. The smallest absolute Gasteiger partial charge is 0.129 e. The predicted molar refractivity (Wildman–Crippen MR) is 136 cm³/mol. The summed E-state index contributed by atoms with van der Waals surface area (Å²) in [5.41, 5.74) is 5.76. The van der Waals surface area contributed by atoms with E-state index in [0.29, 0.717) is 12.8 Å². The Balaban J connectivity index is 0.000000707. The van der Waals surface area contributed by atoms with Crippen molar-refractivity contribution in [2.45, 2.75) is 26.7 Å². The lowest BCUT2D eigenvalue weighted by molar-refractivity contribution is -0.116. The molecule has 0 aliphatic rings. The van der Waals surface area contributed by atoms with Crippen LogP contribution in [0.1, 0.15) is 31.4 Å². The van der Waals surface area contributed by atoms with Crippen molar-refractivity contribution >= 4 is 14.2 Å². The molecule has 0 N–H and O–H groups in total. The Morgan fingerprint density at radius 2 is 1.18 bits per heavy atom. The molecule has 3 radical (unpaired) electrons. The summed E-state index contributed by atoms with van der Waals surface area (Å²) in [5.74, 6) is 0.0964. The molecule has 0 aromatic heterocycles. The van der Waals surface area contributed by atoms with Crippen LogP contribution < -0.4 is 0 Å². The summed E-state index contributed by atoms with van der Waals surface area (Å²) in [6.07, 6.45) is 1.24. The van der Waals surface area contributed by atoms with Crippen LogP contribution in [0, 0.1) is 5.82 Å². The Hall–Kier alpha value is -3.53. The highest BCUT2D eigenvalue weighted by Gasteiger charge is 2.14. The zero-order chi connectivity index (χ0) is 22.1. The number of hydrogen-bond acceptors (Lipinski definition) is 1. The van der Waals surface area contributed by atoms with Crippen LogP contribution >= 0.6 is 0 Å². The number of rotatable bonds is 5. The maximum Gasteiger partial charge on any atom is 0.129 e. The van der Waals surface area contributed by atoms with Gasteiger partial charge in [-0.25, -0.2) is 4.39 Å². The summed E-state index contributed by atoms with van der Waals surface area (Å²) in [5, 5.41) is 0. The van der Waals surface area contributed by atoms with Crippen LogP contribution in [0.3, 0.4) is 0 Å². The van der Waals surface area contributed by atoms with Crippen molar-refractivity contribution < 1.29 is 13.9 Å². The van der Waals surface area contributed by atoms with Gasteiger partial charge in [-0.2, -0.15) is 0 Å². The van der Waals surface area contributed by atoms with E-state index in [-0.39, 0.29) is 24.7 Å². The molecule has 4 aromatic rings. The van der Waals surface area contributed by atoms with Gasteiger partial charge in [-0.1, -0.05) is 97.9 Å². The molecule has 4 rings (SSSR count). The molecule has 0 unspecified atom stereocenters. The van der Waals surface area contributed by atoms with Crippen LogP contribution in [-0.2, 0) is 11.2 Å². The first kappa shape index (κ1) is 27.5. The summed E-state index contributed by atoms with van der Waals surface area (Å²) in [7, 11) is 0. The number of Topliss-reactive ketones (excluding diaryl/α,β-unsaturated/α-hetero) is 1. The molecular weight excluding hydrogens is 413 g/mol. The summed E-state index contributed by atoms with van der Waals surface area (Å²) in [6, 6.07) is 33.8. The highest BCUT2D eigenvalue weighted by atomic mass is 19.1. The normalized spacial score (nSPS) is 9.55. The van der Waals surface area contributed by atoms with Crippen molar-refractivity contribution in [3.05, 3.63) is 120 Å². The van der Waals surface area contributed by atoms with Gasteiger partial charge in [0.2, 0.25) is 0 Å². The second-order valence-corrected chi connectivity index (χ2v) is 7.43. The number of carbonyl (C=O) groups is 1. The molecule has 0 saturated heterocycles. The average Bonchev–Trinajstić information content (AvgIpc) is 2.82. The SMILES string of the molecule is CCC(C)=O.F.Fc1cc(-c2ccccc2)cc(-c2ccccc2)c1Cc1ccccc1.[B]. The number of benzene rings is 4. The second kappa shape index (κ2) is 13.8. The van der Waals surface area contributed by atoms with Gasteiger partial charge in [0.15, 0.2) is 0 Å². The molecule has 0 aliphatic carbocycles. The number of ketones is 1. The van der Waals surface area contributed by atoms with Gasteiger partial charge in [0, 0.05) is 26.8 Å². The van der Waals surface area contributed by atoms with Crippen molar-refractivity contribution in [1.82, 2.24) is 0 Å². The molecule has 0 saturated carbocycles. The third-order valence-electron chi connectivity index (χ3n) is 5.11. The van der Waals surface area contributed by atoms with E-state index >= 15 is 4.39 Å². The minimum atomic E-state index is -0.158. The fraction of sp³-hybridized carbons (Fsp3) is 0.138. The molecule has 1 nitrogen and oxygen atoms in total. The first-order chi connectivity index (χ1) is 15.1. The standard InChI is InChI=1S/C25H19F.C4H8O.B.FH/c26-25-18-22(20-12-6-2-7-13-20)17-23(21-14-8-3-9-15-21)24(25)16-19-10-4-1-5-11-19;1-3-4(2)5;;/h1-15,17-18H,16H2;3H2,1-2H3;;1H. The van der Waals surface area contributed by atoms with Crippen LogP contribution in [0.25, 0.3) is 22.3 Å². The van der Waals surface area contributed by atoms with Crippen LogP contribution in [-0.4, -0.2) is 14.2 Å². The van der Waals surface area contributed by atoms with E-state index in [1.54, 1.807) is 13.0 Å². The van der Waals surface area contributed by atoms with E-state index in [1.165, 1.54) is 0 Å². The first-order valence-corrected chi connectivity index (χ1v) is 10.5. The van der Waals surface area contributed by atoms with Crippen LogP contribution in [0.5, 0.6) is 0 Å². The molecule has 0 amide bonds. The number of hydrogen-bond donors (Lipinski definition) is 0. The zero-order valence-electron chi connectivity index (χ0n) is 19.0. The van der Waals surface area contributed by atoms with Crippen molar-refractivity contribution in [2.24, 2.45) is 0 Å². The van der Waals surface area contributed by atoms with Crippen LogP contribution in [0.2, 0.25) is 0 Å². The van der Waals surface area contributed by atoms with Gasteiger partial charge < -0.3 is 4.79 Å². The highest BCUT2D eigenvalue weighted by Crippen LogP contribution is 2.33. The molecule has 0 bridgehead atoms. The van der Waals surface area contributed by atoms with E-state index in [1.807, 2.05) is 97.9 Å². The Labute approximate surface area is 197 Å². The fourth-order valence-electron chi connectivity index (χ4n) is 3.29. The van der Waals surface area contributed by atoms with Gasteiger partial charge in [0.05, 0.1) is 0 Å². The Morgan fingerprint density at radius 3 is 1.67 bits per heavy atom. The van der Waals surface area contributed by atoms with Gasteiger partial charge in [-0.3, -0.25) is 4.70 Å². The minimum Gasteiger partial charge on any atom is -0.300 e. The van der Waals surface area contributed by atoms with E-state index in [4.69, 9.17) is 0 Å². The summed E-state index contributed by atoms with van der Waals surface area (Å²) in [4.78, 5) is 9.81. The van der Waals surface area contributed by atoms with Crippen LogP contribution in [0.4, 0.5) is 9.09 Å². The monoisotopic (exact) mass is 441 g/mol. The predicted octanol–water partition coefficient (Wildman–Crippen LogP) is 7.51. The van der Waals surface area contributed by atoms with E-state index in [2.05, 4.69) is 6.07 Å². The molecule has 0 heterocycles. The molecular formula is C29H28BF2O. The lowest BCUT2D eigenvalue weighted by atomic mass is 9.91. The molecule has 33 heavy (non-hydrogen) atoms. The Morgan fingerprint density at radius 1 is 0.727 bits per heavy atom. The third kappa shape index (κ3) is 7.83. The van der Waals surface area contributed by atoms with Gasteiger partial charge in [0.25, 0.3) is 0 Å². The summed E-state index contributed by atoms with van der Waals surface area (Å²) < 4.78 is 15.2. The lowest BCUT2D eigenvalue weighted by Crippen LogP contribution is -1.98. The van der Waals surface area contributed by atoms with Gasteiger partial charge in [0.1, 0.15) is 11.6 Å². The largest absolute Gasteiger partial charge is 0.300 e. The maximum absolute atomic E-state index is 15.2.